The zero-order chi connectivity index (χ0) is 11.8. The molecule has 0 bridgehead atoms. The Bertz CT molecular complexity index is 540. The van der Waals surface area contributed by atoms with Gasteiger partial charge in [0.2, 0.25) is 0 Å². The Balaban J connectivity index is 2.08. The van der Waals surface area contributed by atoms with Gasteiger partial charge in [-0.3, -0.25) is 0 Å². The molecule has 0 amide bonds. The first kappa shape index (κ1) is 10.5. The van der Waals surface area contributed by atoms with E-state index in [2.05, 4.69) is 35.4 Å². The Labute approximate surface area is 100 Å². The zero-order valence-corrected chi connectivity index (χ0v) is 9.93. The monoisotopic (exact) mass is 228 g/mol. The highest BCUT2D eigenvalue weighted by Crippen LogP contribution is 2.36. The van der Waals surface area contributed by atoms with Crippen molar-refractivity contribution in [2.45, 2.75) is 32.4 Å². The van der Waals surface area contributed by atoms with Crippen molar-refractivity contribution < 1.29 is 0 Å². The van der Waals surface area contributed by atoms with Crippen LogP contribution in [0.15, 0.2) is 24.3 Å². The maximum absolute atomic E-state index is 5.84. The summed E-state index contributed by atoms with van der Waals surface area (Å²) >= 11 is 0. The van der Waals surface area contributed by atoms with E-state index in [-0.39, 0.29) is 0 Å². The van der Waals surface area contributed by atoms with Crippen LogP contribution in [0.4, 0.5) is 0 Å². The summed E-state index contributed by atoms with van der Waals surface area (Å²) < 4.78 is 2.00. The third-order valence-electron chi connectivity index (χ3n) is 3.17. The van der Waals surface area contributed by atoms with Crippen molar-refractivity contribution in [2.75, 3.05) is 0 Å². The molecule has 0 spiro atoms. The SMILES string of the molecule is Cc1cccc(-c2nnn(C3CC3)c2CN)c1. The molecule has 2 N–H and O–H groups in total. The first-order valence-corrected chi connectivity index (χ1v) is 6.01. The van der Waals surface area contributed by atoms with Gasteiger partial charge in [-0.15, -0.1) is 5.10 Å². The number of aryl methyl sites for hydroxylation is 1. The largest absolute Gasteiger partial charge is 0.325 e. The number of benzene rings is 1. The minimum atomic E-state index is 0.493. The van der Waals surface area contributed by atoms with Crippen LogP contribution in [-0.2, 0) is 6.54 Å². The van der Waals surface area contributed by atoms with E-state index in [0.717, 1.165) is 17.0 Å². The van der Waals surface area contributed by atoms with Crippen LogP contribution in [0.1, 0.15) is 30.1 Å². The normalized spacial score (nSPS) is 15.2. The predicted octanol–water partition coefficient (Wildman–Crippen LogP) is 2.05. The molecule has 1 saturated carbocycles. The van der Waals surface area contributed by atoms with E-state index in [1.807, 2.05) is 10.7 Å². The molecule has 17 heavy (non-hydrogen) atoms. The van der Waals surface area contributed by atoms with Gasteiger partial charge in [-0.2, -0.15) is 0 Å². The Kier molecular flexibility index (Phi) is 2.44. The lowest BCUT2D eigenvalue weighted by Crippen LogP contribution is -2.08. The molecule has 1 fully saturated rings. The summed E-state index contributed by atoms with van der Waals surface area (Å²) in [6.45, 7) is 2.57. The van der Waals surface area contributed by atoms with Crippen LogP contribution in [0, 0.1) is 6.92 Å². The smallest absolute Gasteiger partial charge is 0.117 e. The fraction of sp³-hybridized carbons (Fsp3) is 0.385. The molecule has 88 valence electrons. The average Bonchev–Trinajstić information content (AvgIpc) is 3.08. The molecule has 0 unspecified atom stereocenters. The fourth-order valence-electron chi connectivity index (χ4n) is 2.13. The maximum Gasteiger partial charge on any atom is 0.117 e. The van der Waals surface area contributed by atoms with Crippen LogP contribution in [0.5, 0.6) is 0 Å². The lowest BCUT2D eigenvalue weighted by molar-refractivity contribution is 0.583. The molecule has 1 aliphatic rings. The molecule has 2 aromatic rings. The van der Waals surface area contributed by atoms with Crippen molar-refractivity contribution in [2.24, 2.45) is 5.73 Å². The third-order valence-corrected chi connectivity index (χ3v) is 3.17. The van der Waals surface area contributed by atoms with E-state index in [1.165, 1.54) is 18.4 Å². The van der Waals surface area contributed by atoms with Gasteiger partial charge in [0.25, 0.3) is 0 Å². The Hall–Kier alpha value is -1.68. The van der Waals surface area contributed by atoms with Crippen molar-refractivity contribution in [1.29, 1.82) is 0 Å². The molecule has 1 aromatic heterocycles. The first-order valence-electron chi connectivity index (χ1n) is 6.01. The van der Waals surface area contributed by atoms with Crippen LogP contribution in [0.2, 0.25) is 0 Å². The van der Waals surface area contributed by atoms with Crippen molar-refractivity contribution in [3.05, 3.63) is 35.5 Å². The number of nitrogens with zero attached hydrogens (tertiary/aromatic N) is 3. The van der Waals surface area contributed by atoms with E-state index in [0.29, 0.717) is 12.6 Å². The minimum Gasteiger partial charge on any atom is -0.325 e. The fourth-order valence-corrected chi connectivity index (χ4v) is 2.13. The van der Waals surface area contributed by atoms with Crippen LogP contribution in [-0.4, -0.2) is 15.0 Å². The molecule has 0 aliphatic heterocycles. The third kappa shape index (κ3) is 1.85. The van der Waals surface area contributed by atoms with Gasteiger partial charge in [-0.25, -0.2) is 4.68 Å². The van der Waals surface area contributed by atoms with Gasteiger partial charge in [0.05, 0.1) is 11.7 Å². The highest BCUT2D eigenvalue weighted by molar-refractivity contribution is 5.62. The van der Waals surface area contributed by atoms with Crippen LogP contribution >= 0.6 is 0 Å². The van der Waals surface area contributed by atoms with Gasteiger partial charge < -0.3 is 5.73 Å². The van der Waals surface area contributed by atoms with Gasteiger partial charge in [0, 0.05) is 12.1 Å². The van der Waals surface area contributed by atoms with E-state index < -0.39 is 0 Å². The van der Waals surface area contributed by atoms with Gasteiger partial charge in [0.15, 0.2) is 0 Å². The van der Waals surface area contributed by atoms with E-state index >= 15 is 0 Å². The molecule has 4 nitrogen and oxygen atoms in total. The topological polar surface area (TPSA) is 56.7 Å². The highest BCUT2D eigenvalue weighted by Gasteiger charge is 2.28. The summed E-state index contributed by atoms with van der Waals surface area (Å²) in [5.74, 6) is 0. The van der Waals surface area contributed by atoms with Crippen molar-refractivity contribution in [3.8, 4) is 11.3 Å². The zero-order valence-electron chi connectivity index (χ0n) is 9.93. The van der Waals surface area contributed by atoms with Gasteiger partial charge >= 0.3 is 0 Å². The second kappa shape index (κ2) is 3.96. The molecular weight excluding hydrogens is 212 g/mol. The number of hydrogen-bond donors (Lipinski definition) is 1. The number of nitrogens with two attached hydrogens (primary N) is 1. The lowest BCUT2D eigenvalue weighted by atomic mass is 10.1. The molecule has 0 saturated heterocycles. The minimum absolute atomic E-state index is 0.493. The van der Waals surface area contributed by atoms with E-state index in [9.17, 15) is 0 Å². The summed E-state index contributed by atoms with van der Waals surface area (Å²) in [4.78, 5) is 0. The van der Waals surface area contributed by atoms with Crippen molar-refractivity contribution >= 4 is 0 Å². The summed E-state index contributed by atoms with van der Waals surface area (Å²) in [6, 6.07) is 8.84. The van der Waals surface area contributed by atoms with Crippen LogP contribution < -0.4 is 5.73 Å². The van der Waals surface area contributed by atoms with E-state index in [4.69, 9.17) is 5.73 Å². The Morgan fingerprint density at radius 1 is 1.41 bits per heavy atom. The number of aromatic nitrogens is 3. The van der Waals surface area contributed by atoms with Gasteiger partial charge in [0.1, 0.15) is 5.69 Å². The summed E-state index contributed by atoms with van der Waals surface area (Å²) in [5.41, 5.74) is 10.2. The summed E-state index contributed by atoms with van der Waals surface area (Å²) in [6.07, 6.45) is 2.40. The second-order valence-corrected chi connectivity index (χ2v) is 4.63. The van der Waals surface area contributed by atoms with Crippen molar-refractivity contribution in [3.63, 3.8) is 0 Å². The first-order chi connectivity index (χ1) is 8.29. The number of rotatable bonds is 3. The van der Waals surface area contributed by atoms with Crippen LogP contribution in [0.25, 0.3) is 11.3 Å². The standard InChI is InChI=1S/C13H16N4/c1-9-3-2-4-10(7-9)13-12(8-14)17(16-15-13)11-5-6-11/h2-4,7,11H,5-6,8,14H2,1H3. The molecule has 0 atom stereocenters. The molecule has 3 rings (SSSR count). The summed E-state index contributed by atoms with van der Waals surface area (Å²) in [7, 11) is 0. The molecular formula is C13H16N4. The molecule has 1 heterocycles. The van der Waals surface area contributed by atoms with Gasteiger partial charge in [-0.1, -0.05) is 29.0 Å². The summed E-state index contributed by atoms with van der Waals surface area (Å²) in [5, 5.41) is 8.53. The van der Waals surface area contributed by atoms with Crippen molar-refractivity contribution in [1.82, 2.24) is 15.0 Å². The molecule has 4 heteroatoms. The lowest BCUT2D eigenvalue weighted by Gasteiger charge is -2.04. The molecule has 1 aliphatic carbocycles. The highest BCUT2D eigenvalue weighted by atomic mass is 15.5. The maximum atomic E-state index is 5.84. The molecule has 0 radical (unpaired) electrons. The molecule has 1 aromatic carbocycles. The quantitative estimate of drug-likeness (QED) is 0.874. The average molecular weight is 228 g/mol. The number of hydrogen-bond acceptors (Lipinski definition) is 3. The second-order valence-electron chi connectivity index (χ2n) is 4.63. The predicted molar refractivity (Wildman–Crippen MR) is 66.4 cm³/mol. The Morgan fingerprint density at radius 2 is 2.24 bits per heavy atom. The van der Waals surface area contributed by atoms with Crippen LogP contribution in [0.3, 0.4) is 0 Å². The Morgan fingerprint density at radius 3 is 2.88 bits per heavy atom. The van der Waals surface area contributed by atoms with E-state index in [1.54, 1.807) is 0 Å². The van der Waals surface area contributed by atoms with Gasteiger partial charge in [-0.05, 0) is 25.8 Å².